The Hall–Kier alpha value is -1.59. The first kappa shape index (κ1) is 19.7. The molecule has 6 heteroatoms. The fraction of sp³-hybridized carbons (Fsp3) is 0.579. The number of rotatable bonds is 7. The minimum absolute atomic E-state index is 0.346. The van der Waals surface area contributed by atoms with E-state index in [9.17, 15) is 22.0 Å². The summed E-state index contributed by atoms with van der Waals surface area (Å²) in [5, 5.41) is 0. The fourth-order valence-corrected chi connectivity index (χ4v) is 3.39. The molecule has 0 heterocycles. The van der Waals surface area contributed by atoms with Gasteiger partial charge in [-0.05, 0) is 55.2 Å². The van der Waals surface area contributed by atoms with Gasteiger partial charge >= 0.3 is 12.2 Å². The normalized spacial score (nSPS) is 21.0. The average molecular weight is 362 g/mol. The summed E-state index contributed by atoms with van der Waals surface area (Å²) in [6.45, 7) is 2.18. The van der Waals surface area contributed by atoms with Crippen LogP contribution >= 0.6 is 0 Å². The molecule has 1 aliphatic rings. The van der Waals surface area contributed by atoms with Crippen LogP contribution in [0.2, 0.25) is 0 Å². The average Bonchev–Trinajstić information content (AvgIpc) is 2.60. The van der Waals surface area contributed by atoms with Gasteiger partial charge in [0.2, 0.25) is 0 Å². The molecule has 2 rings (SSSR count). The second-order valence-corrected chi connectivity index (χ2v) is 6.62. The van der Waals surface area contributed by atoms with Crippen molar-refractivity contribution in [3.05, 3.63) is 41.7 Å². The van der Waals surface area contributed by atoms with Crippen LogP contribution in [0.15, 0.2) is 36.2 Å². The minimum Gasteiger partial charge on any atom is -0.427 e. The van der Waals surface area contributed by atoms with Crippen molar-refractivity contribution in [2.75, 3.05) is 0 Å². The van der Waals surface area contributed by atoms with Crippen molar-refractivity contribution in [3.8, 4) is 5.75 Å². The maximum Gasteiger partial charge on any atom is 0.459 e. The highest BCUT2D eigenvalue weighted by molar-refractivity contribution is 5.30. The zero-order valence-corrected chi connectivity index (χ0v) is 14.2. The molecule has 1 aromatic rings. The molecule has 1 nitrogen and oxygen atoms in total. The van der Waals surface area contributed by atoms with Crippen LogP contribution in [0.5, 0.6) is 5.75 Å². The molecule has 0 saturated heterocycles. The number of alkyl halides is 2. The maximum absolute atomic E-state index is 13.2. The van der Waals surface area contributed by atoms with Crippen LogP contribution in [0.4, 0.5) is 22.0 Å². The second-order valence-electron chi connectivity index (χ2n) is 6.62. The van der Waals surface area contributed by atoms with Gasteiger partial charge in [0.15, 0.2) is 0 Å². The molecule has 140 valence electrons. The number of benzene rings is 1. The Kier molecular flexibility index (Phi) is 6.85. The van der Waals surface area contributed by atoms with Crippen LogP contribution in [0.3, 0.4) is 0 Å². The molecule has 1 saturated carbocycles. The molecule has 0 amide bonds. The van der Waals surface area contributed by atoms with E-state index < -0.39 is 18.0 Å². The number of unbranched alkanes of at least 4 members (excludes halogenated alkanes) is 1. The van der Waals surface area contributed by atoms with E-state index in [1.54, 1.807) is 12.1 Å². The van der Waals surface area contributed by atoms with Crippen molar-refractivity contribution in [2.24, 2.45) is 5.92 Å². The number of hydrogen-bond donors (Lipinski definition) is 0. The Morgan fingerprint density at radius 2 is 1.64 bits per heavy atom. The van der Waals surface area contributed by atoms with Gasteiger partial charge in [0, 0.05) is 0 Å². The quantitative estimate of drug-likeness (QED) is 0.466. The lowest BCUT2D eigenvalue weighted by molar-refractivity contribution is -0.159. The predicted octanol–water partition coefficient (Wildman–Crippen LogP) is 7.20. The first-order chi connectivity index (χ1) is 11.8. The van der Waals surface area contributed by atoms with Crippen molar-refractivity contribution >= 4 is 0 Å². The molecule has 0 aromatic heterocycles. The lowest BCUT2D eigenvalue weighted by Gasteiger charge is -2.29. The van der Waals surface area contributed by atoms with Gasteiger partial charge in [-0.25, -0.2) is 0 Å². The Bertz CT molecular complexity index is 570. The SMILES string of the molecule is CCCCC1CCC(c2ccc(OC(F)(F)C(F)=C(F)F)cc2)CC1. The third-order valence-electron chi connectivity index (χ3n) is 4.83. The number of hydrogen-bond acceptors (Lipinski definition) is 1. The zero-order valence-electron chi connectivity index (χ0n) is 14.2. The number of halogens is 5. The van der Waals surface area contributed by atoms with Gasteiger partial charge in [0.25, 0.3) is 5.83 Å². The van der Waals surface area contributed by atoms with E-state index in [4.69, 9.17) is 0 Å². The van der Waals surface area contributed by atoms with Crippen LogP contribution < -0.4 is 4.74 Å². The minimum atomic E-state index is -4.67. The monoisotopic (exact) mass is 362 g/mol. The topological polar surface area (TPSA) is 9.23 Å². The highest BCUT2D eigenvalue weighted by atomic mass is 19.3. The lowest BCUT2D eigenvalue weighted by Crippen LogP contribution is -2.26. The largest absolute Gasteiger partial charge is 0.459 e. The van der Waals surface area contributed by atoms with Gasteiger partial charge < -0.3 is 4.74 Å². The summed E-state index contributed by atoms with van der Waals surface area (Å²) in [5.74, 6) is -2.07. The molecule has 0 atom stereocenters. The van der Waals surface area contributed by atoms with Crippen LogP contribution in [-0.2, 0) is 0 Å². The Balaban J connectivity index is 1.94. The van der Waals surface area contributed by atoms with Crippen LogP contribution in [0.25, 0.3) is 0 Å². The summed E-state index contributed by atoms with van der Waals surface area (Å²) in [6.07, 6.45) is 0.381. The molecule has 1 fully saturated rings. The van der Waals surface area contributed by atoms with Crippen molar-refractivity contribution < 1.29 is 26.7 Å². The van der Waals surface area contributed by atoms with Crippen molar-refractivity contribution in [3.63, 3.8) is 0 Å². The van der Waals surface area contributed by atoms with Gasteiger partial charge in [0.1, 0.15) is 5.75 Å². The second kappa shape index (κ2) is 8.68. The molecule has 25 heavy (non-hydrogen) atoms. The van der Waals surface area contributed by atoms with Gasteiger partial charge in [-0.3, -0.25) is 0 Å². The maximum atomic E-state index is 13.2. The molecule has 0 aliphatic heterocycles. The van der Waals surface area contributed by atoms with Crippen molar-refractivity contribution in [1.82, 2.24) is 0 Å². The molecule has 0 N–H and O–H groups in total. The molecule has 1 aliphatic carbocycles. The molecular weight excluding hydrogens is 339 g/mol. The van der Waals surface area contributed by atoms with E-state index in [0.717, 1.165) is 37.2 Å². The summed E-state index contributed by atoms with van der Waals surface area (Å²) in [7, 11) is 0. The van der Waals surface area contributed by atoms with Gasteiger partial charge in [0.05, 0.1) is 0 Å². The van der Waals surface area contributed by atoms with Crippen LogP contribution in [-0.4, -0.2) is 6.11 Å². The zero-order chi connectivity index (χ0) is 18.4. The summed E-state index contributed by atoms with van der Waals surface area (Å²) < 4.78 is 67.2. The van der Waals surface area contributed by atoms with E-state index in [-0.39, 0.29) is 5.75 Å². The fourth-order valence-electron chi connectivity index (χ4n) is 3.39. The molecule has 0 radical (unpaired) electrons. The Morgan fingerprint density at radius 1 is 1.04 bits per heavy atom. The van der Waals surface area contributed by atoms with E-state index in [1.807, 2.05) is 0 Å². The predicted molar refractivity (Wildman–Crippen MR) is 86.6 cm³/mol. The highest BCUT2D eigenvalue weighted by Crippen LogP contribution is 2.39. The first-order valence-electron chi connectivity index (χ1n) is 8.71. The van der Waals surface area contributed by atoms with Crippen LogP contribution in [0, 0.1) is 5.92 Å². The highest BCUT2D eigenvalue weighted by Gasteiger charge is 2.42. The van der Waals surface area contributed by atoms with Gasteiger partial charge in [-0.15, -0.1) is 0 Å². The smallest absolute Gasteiger partial charge is 0.427 e. The van der Waals surface area contributed by atoms with E-state index in [2.05, 4.69) is 11.7 Å². The Morgan fingerprint density at radius 3 is 2.16 bits per heavy atom. The summed E-state index contributed by atoms with van der Waals surface area (Å²) >= 11 is 0. The molecule has 0 unspecified atom stereocenters. The van der Waals surface area contributed by atoms with E-state index >= 15 is 0 Å². The number of ether oxygens (including phenoxy) is 1. The third-order valence-corrected chi connectivity index (χ3v) is 4.83. The van der Waals surface area contributed by atoms with Crippen molar-refractivity contribution in [1.29, 1.82) is 0 Å². The standard InChI is InChI=1S/C19H23F5O/c1-2-3-4-13-5-7-14(8-6-13)15-9-11-16(12-10-15)25-19(23,24)17(20)18(21)22/h9-14H,2-8H2,1H3. The first-order valence-corrected chi connectivity index (χ1v) is 8.71. The van der Waals surface area contributed by atoms with Gasteiger partial charge in [-0.1, -0.05) is 38.3 Å². The molecule has 1 aromatic carbocycles. The lowest BCUT2D eigenvalue weighted by atomic mass is 9.77. The van der Waals surface area contributed by atoms with Crippen LogP contribution in [0.1, 0.15) is 63.4 Å². The van der Waals surface area contributed by atoms with E-state index in [0.29, 0.717) is 5.92 Å². The molecule has 0 spiro atoms. The summed E-state index contributed by atoms with van der Waals surface area (Å²) in [6, 6.07) is 5.84. The van der Waals surface area contributed by atoms with E-state index in [1.165, 1.54) is 31.4 Å². The summed E-state index contributed by atoms with van der Waals surface area (Å²) in [4.78, 5) is 0. The molecular formula is C19H23F5O. The Labute approximate surface area is 144 Å². The van der Waals surface area contributed by atoms with Crippen molar-refractivity contribution in [2.45, 2.75) is 63.9 Å². The summed E-state index contributed by atoms with van der Waals surface area (Å²) in [5.41, 5.74) is 1.01. The third kappa shape index (κ3) is 5.44. The van der Waals surface area contributed by atoms with Gasteiger partial charge in [-0.2, -0.15) is 22.0 Å². The molecule has 0 bridgehead atoms.